The Kier molecular flexibility index (Phi) is 6.92. The Morgan fingerprint density at radius 2 is 1.95 bits per heavy atom. The first-order valence-electron chi connectivity index (χ1n) is 6.57. The Morgan fingerprint density at radius 3 is 2.47 bits per heavy atom. The lowest BCUT2D eigenvalue weighted by atomic mass is 10.2. The van der Waals surface area contributed by atoms with E-state index in [0.717, 1.165) is 25.3 Å². The van der Waals surface area contributed by atoms with Gasteiger partial charge in [-0.25, -0.2) is 0 Å². The molecule has 0 radical (unpaired) electrons. The van der Waals surface area contributed by atoms with Crippen molar-refractivity contribution in [3.05, 3.63) is 29.8 Å². The van der Waals surface area contributed by atoms with Gasteiger partial charge in [0.25, 0.3) is 0 Å². The largest absolute Gasteiger partial charge is 0.492 e. The first-order chi connectivity index (χ1) is 9.17. The predicted octanol–water partition coefficient (Wildman–Crippen LogP) is 1.05. The smallest absolute Gasteiger partial charge is 0.122 e. The van der Waals surface area contributed by atoms with E-state index < -0.39 is 0 Å². The van der Waals surface area contributed by atoms with Gasteiger partial charge >= 0.3 is 0 Å². The molecule has 19 heavy (non-hydrogen) atoms. The molecule has 5 heteroatoms. The highest BCUT2D eigenvalue weighted by Crippen LogP contribution is 2.11. The van der Waals surface area contributed by atoms with Crippen LogP contribution in [0, 0.1) is 5.41 Å². The number of ether oxygens (including phenoxy) is 1. The number of aliphatic hydroxyl groups is 1. The molecule has 0 heterocycles. The molecule has 0 amide bonds. The van der Waals surface area contributed by atoms with Gasteiger partial charge in [0.15, 0.2) is 0 Å². The zero-order valence-corrected chi connectivity index (χ0v) is 11.4. The first kappa shape index (κ1) is 15.5. The Bertz CT molecular complexity index is 373. The van der Waals surface area contributed by atoms with Crippen LogP contribution in [0.4, 0.5) is 0 Å². The third kappa shape index (κ3) is 5.72. The fraction of sp³-hybridized carbons (Fsp3) is 0.500. The van der Waals surface area contributed by atoms with Crippen molar-refractivity contribution in [3.63, 3.8) is 0 Å². The topological polar surface area (TPSA) is 82.6 Å². The maximum absolute atomic E-state index is 8.95. The highest BCUT2D eigenvalue weighted by molar-refractivity contribution is 5.94. The number of nitrogens with zero attached hydrogens (tertiary/aromatic N) is 1. The Morgan fingerprint density at radius 1 is 1.26 bits per heavy atom. The minimum atomic E-state index is 0.0589. The first-order valence-corrected chi connectivity index (χ1v) is 6.57. The number of nitrogens with two attached hydrogens (primary N) is 1. The van der Waals surface area contributed by atoms with Crippen molar-refractivity contribution in [2.75, 3.05) is 32.8 Å². The van der Waals surface area contributed by atoms with Crippen molar-refractivity contribution in [2.45, 2.75) is 13.3 Å². The molecule has 0 aliphatic carbocycles. The molecule has 0 fully saturated rings. The van der Waals surface area contributed by atoms with Gasteiger partial charge in [0, 0.05) is 18.7 Å². The van der Waals surface area contributed by atoms with Crippen molar-refractivity contribution in [2.24, 2.45) is 5.73 Å². The SMILES string of the molecule is CCCN(CCO)CCOc1ccc(C(=N)N)cc1. The fourth-order valence-corrected chi connectivity index (χ4v) is 1.82. The summed E-state index contributed by atoms with van der Waals surface area (Å²) in [4.78, 5) is 2.17. The van der Waals surface area contributed by atoms with Crippen molar-refractivity contribution in [3.8, 4) is 5.75 Å². The van der Waals surface area contributed by atoms with E-state index in [1.807, 2.05) is 12.1 Å². The van der Waals surface area contributed by atoms with Crippen molar-refractivity contribution < 1.29 is 9.84 Å². The van der Waals surface area contributed by atoms with Crippen LogP contribution in [0.5, 0.6) is 5.75 Å². The quantitative estimate of drug-likeness (QED) is 0.460. The van der Waals surface area contributed by atoms with Gasteiger partial charge in [-0.15, -0.1) is 0 Å². The van der Waals surface area contributed by atoms with Gasteiger partial charge in [0.05, 0.1) is 6.61 Å². The van der Waals surface area contributed by atoms with Crippen LogP contribution in [0.15, 0.2) is 24.3 Å². The number of benzene rings is 1. The van der Waals surface area contributed by atoms with Crippen molar-refractivity contribution in [1.29, 1.82) is 5.41 Å². The normalized spacial score (nSPS) is 10.7. The predicted molar refractivity (Wildman–Crippen MR) is 76.8 cm³/mol. The molecule has 0 spiro atoms. The highest BCUT2D eigenvalue weighted by atomic mass is 16.5. The summed E-state index contributed by atoms with van der Waals surface area (Å²) in [7, 11) is 0. The summed E-state index contributed by atoms with van der Waals surface area (Å²) in [6, 6.07) is 7.17. The lowest BCUT2D eigenvalue weighted by Gasteiger charge is -2.20. The number of nitrogens with one attached hydrogen (secondary N) is 1. The van der Waals surface area contributed by atoms with Gasteiger partial charge in [-0.2, -0.15) is 0 Å². The Balaban J connectivity index is 2.37. The third-order valence-corrected chi connectivity index (χ3v) is 2.80. The molecule has 0 bridgehead atoms. The molecule has 0 saturated carbocycles. The number of hydrogen-bond acceptors (Lipinski definition) is 4. The fourth-order valence-electron chi connectivity index (χ4n) is 1.82. The summed E-state index contributed by atoms with van der Waals surface area (Å²) in [6.45, 7) is 5.31. The van der Waals surface area contributed by atoms with Crippen LogP contribution in [-0.2, 0) is 0 Å². The number of hydrogen-bond donors (Lipinski definition) is 3. The summed E-state index contributed by atoms with van der Waals surface area (Å²) in [5, 5.41) is 16.2. The number of rotatable bonds is 9. The van der Waals surface area contributed by atoms with Gasteiger partial charge < -0.3 is 15.6 Å². The molecule has 1 aromatic rings. The van der Waals surface area contributed by atoms with E-state index in [2.05, 4.69) is 11.8 Å². The maximum Gasteiger partial charge on any atom is 0.122 e. The average Bonchev–Trinajstić information content (AvgIpc) is 2.40. The van der Waals surface area contributed by atoms with E-state index in [-0.39, 0.29) is 12.4 Å². The molecule has 0 unspecified atom stereocenters. The van der Waals surface area contributed by atoms with E-state index in [1.54, 1.807) is 12.1 Å². The highest BCUT2D eigenvalue weighted by Gasteiger charge is 2.03. The second kappa shape index (κ2) is 8.50. The number of amidine groups is 1. The number of aliphatic hydroxyl groups excluding tert-OH is 1. The Labute approximate surface area is 114 Å². The van der Waals surface area contributed by atoms with Crippen LogP contribution >= 0.6 is 0 Å². The van der Waals surface area contributed by atoms with E-state index in [0.29, 0.717) is 18.7 Å². The van der Waals surface area contributed by atoms with Crippen LogP contribution in [0.2, 0.25) is 0 Å². The average molecular weight is 265 g/mol. The lowest BCUT2D eigenvalue weighted by Crippen LogP contribution is -2.31. The molecule has 0 atom stereocenters. The third-order valence-electron chi connectivity index (χ3n) is 2.80. The monoisotopic (exact) mass is 265 g/mol. The van der Waals surface area contributed by atoms with Crippen LogP contribution in [0.3, 0.4) is 0 Å². The zero-order valence-electron chi connectivity index (χ0n) is 11.4. The molecule has 0 aliphatic heterocycles. The molecule has 0 aromatic heterocycles. The Hall–Kier alpha value is -1.59. The van der Waals surface area contributed by atoms with Crippen molar-refractivity contribution in [1.82, 2.24) is 4.90 Å². The summed E-state index contributed by atoms with van der Waals surface area (Å²) in [5.41, 5.74) is 6.08. The molecular weight excluding hydrogens is 242 g/mol. The molecule has 0 saturated heterocycles. The lowest BCUT2D eigenvalue weighted by molar-refractivity contribution is 0.168. The van der Waals surface area contributed by atoms with Gasteiger partial charge in [-0.1, -0.05) is 6.92 Å². The summed E-state index contributed by atoms with van der Waals surface area (Å²) in [6.07, 6.45) is 1.06. The number of nitrogen functional groups attached to an aromatic ring is 1. The van der Waals surface area contributed by atoms with E-state index in [4.69, 9.17) is 21.0 Å². The molecular formula is C14H23N3O2. The molecule has 106 valence electrons. The van der Waals surface area contributed by atoms with Crippen LogP contribution in [-0.4, -0.2) is 48.7 Å². The van der Waals surface area contributed by atoms with Crippen LogP contribution in [0.1, 0.15) is 18.9 Å². The summed E-state index contributed by atoms with van der Waals surface area (Å²) in [5.74, 6) is 0.828. The summed E-state index contributed by atoms with van der Waals surface area (Å²) < 4.78 is 5.63. The zero-order chi connectivity index (χ0) is 14.1. The molecule has 4 N–H and O–H groups in total. The van der Waals surface area contributed by atoms with Crippen molar-refractivity contribution >= 4 is 5.84 Å². The summed E-state index contributed by atoms with van der Waals surface area (Å²) >= 11 is 0. The minimum absolute atomic E-state index is 0.0589. The molecule has 1 aromatic carbocycles. The second-order valence-corrected chi connectivity index (χ2v) is 4.35. The molecule has 5 nitrogen and oxygen atoms in total. The van der Waals surface area contributed by atoms with Gasteiger partial charge in [-0.05, 0) is 37.2 Å². The van der Waals surface area contributed by atoms with Crippen LogP contribution < -0.4 is 10.5 Å². The standard InChI is InChI=1S/C14H23N3O2/c1-2-7-17(8-10-18)9-11-19-13-5-3-12(4-6-13)14(15)16/h3-6,18H,2,7-11H2,1H3,(H3,15,16). The van der Waals surface area contributed by atoms with Gasteiger partial charge in [0.2, 0.25) is 0 Å². The molecule has 1 rings (SSSR count). The van der Waals surface area contributed by atoms with E-state index in [1.165, 1.54) is 0 Å². The van der Waals surface area contributed by atoms with E-state index in [9.17, 15) is 0 Å². The van der Waals surface area contributed by atoms with E-state index >= 15 is 0 Å². The van der Waals surface area contributed by atoms with Gasteiger partial charge in [0.1, 0.15) is 18.2 Å². The minimum Gasteiger partial charge on any atom is -0.492 e. The second-order valence-electron chi connectivity index (χ2n) is 4.35. The maximum atomic E-state index is 8.95. The van der Waals surface area contributed by atoms with Gasteiger partial charge in [-0.3, -0.25) is 10.3 Å². The molecule has 0 aliphatic rings. The van der Waals surface area contributed by atoms with Crippen LogP contribution in [0.25, 0.3) is 0 Å².